The number of ketones is 1. The second-order valence-electron chi connectivity index (χ2n) is 5.65. The summed E-state index contributed by atoms with van der Waals surface area (Å²) in [5.74, 6) is -0.109. The topological polar surface area (TPSA) is 66.9 Å². The molecule has 1 saturated heterocycles. The van der Waals surface area contributed by atoms with Crippen molar-refractivity contribution in [3.05, 3.63) is 35.4 Å². The minimum absolute atomic E-state index is 0.0419. The van der Waals surface area contributed by atoms with Gasteiger partial charge in [-0.2, -0.15) is 0 Å². The average Bonchev–Trinajstić information content (AvgIpc) is 2.41. The summed E-state index contributed by atoms with van der Waals surface area (Å²) in [4.78, 5) is 12.5. The van der Waals surface area contributed by atoms with E-state index in [1.807, 2.05) is 12.1 Å². The van der Waals surface area contributed by atoms with Gasteiger partial charge in [0.2, 0.25) is 0 Å². The van der Waals surface area contributed by atoms with E-state index in [1.165, 1.54) is 16.4 Å². The number of Topliss-reactive ketones (excluding diaryl/α,β-unsaturated/α-hetero) is 1. The second kappa shape index (κ2) is 5.45. The molecule has 0 bridgehead atoms. The molecule has 1 aromatic rings. The number of nitrogens with zero attached hydrogens (tertiary/aromatic N) is 1. The number of benzene rings is 1. The molecule has 3 atom stereocenters. The van der Waals surface area contributed by atoms with Crippen molar-refractivity contribution in [3.63, 3.8) is 0 Å². The summed E-state index contributed by atoms with van der Waals surface area (Å²) >= 11 is 0.238. The molecule has 2 aliphatic rings. The number of halogens is 1. The SMILES string of the molecule is N#C[C@H]1CC[C@@](N)(c2ccccc2C2CC[I-]2)C(=O)C1. The van der Waals surface area contributed by atoms with Crippen molar-refractivity contribution in [2.75, 3.05) is 4.43 Å². The Bertz CT molecular complexity index is 576. The number of carbonyl (C=O) groups excluding carboxylic acids is 1. The van der Waals surface area contributed by atoms with Crippen LogP contribution >= 0.6 is 0 Å². The van der Waals surface area contributed by atoms with E-state index < -0.39 is 5.54 Å². The number of hydrogen-bond donors (Lipinski definition) is 1. The van der Waals surface area contributed by atoms with Crippen molar-refractivity contribution in [2.45, 2.75) is 35.1 Å². The van der Waals surface area contributed by atoms with Gasteiger partial charge in [-0.3, -0.25) is 0 Å². The van der Waals surface area contributed by atoms with E-state index in [0.717, 1.165) is 12.0 Å². The Morgan fingerprint density at radius 2 is 2.10 bits per heavy atom. The molecule has 106 valence electrons. The number of carbonyl (C=O) groups is 1. The maximum absolute atomic E-state index is 12.5. The van der Waals surface area contributed by atoms with Crippen molar-refractivity contribution < 1.29 is 26.0 Å². The van der Waals surface area contributed by atoms with Gasteiger partial charge in [0, 0.05) is 0 Å². The van der Waals surface area contributed by atoms with Crippen LogP contribution in [-0.2, 0) is 10.3 Å². The van der Waals surface area contributed by atoms with E-state index in [0.29, 0.717) is 16.8 Å². The van der Waals surface area contributed by atoms with Gasteiger partial charge in [-0.15, -0.1) is 0 Å². The van der Waals surface area contributed by atoms with Crippen molar-refractivity contribution in [1.82, 2.24) is 0 Å². The van der Waals surface area contributed by atoms with E-state index >= 15 is 0 Å². The molecule has 0 radical (unpaired) electrons. The van der Waals surface area contributed by atoms with E-state index in [1.54, 1.807) is 0 Å². The van der Waals surface area contributed by atoms with E-state index in [2.05, 4.69) is 18.2 Å². The van der Waals surface area contributed by atoms with Crippen LogP contribution in [0.25, 0.3) is 0 Å². The van der Waals surface area contributed by atoms with E-state index in [4.69, 9.17) is 11.0 Å². The number of rotatable bonds is 2. The molecule has 1 unspecified atom stereocenters. The molecule has 1 aromatic carbocycles. The summed E-state index contributed by atoms with van der Waals surface area (Å²) < 4.78 is 2.05. The molecule has 1 aliphatic heterocycles. The molecule has 1 aliphatic carbocycles. The monoisotopic (exact) mass is 381 g/mol. The van der Waals surface area contributed by atoms with Crippen molar-refractivity contribution in [2.24, 2.45) is 11.7 Å². The third-order valence-electron chi connectivity index (χ3n) is 4.44. The first-order valence-corrected chi connectivity index (χ1v) is 9.81. The molecule has 3 nitrogen and oxygen atoms in total. The Hall–Kier alpha value is -0.930. The minimum atomic E-state index is -0.858. The third-order valence-corrected chi connectivity index (χ3v) is 8.04. The summed E-state index contributed by atoms with van der Waals surface area (Å²) in [5.41, 5.74) is 7.99. The fourth-order valence-corrected chi connectivity index (χ4v) is 5.34. The zero-order valence-electron chi connectivity index (χ0n) is 11.3. The molecule has 1 saturated carbocycles. The van der Waals surface area contributed by atoms with Gasteiger partial charge in [0.1, 0.15) is 0 Å². The van der Waals surface area contributed by atoms with Gasteiger partial charge in [-0.25, -0.2) is 0 Å². The van der Waals surface area contributed by atoms with Crippen molar-refractivity contribution >= 4 is 5.78 Å². The van der Waals surface area contributed by atoms with Gasteiger partial charge in [0.15, 0.2) is 0 Å². The van der Waals surface area contributed by atoms with Crippen LogP contribution in [0.15, 0.2) is 24.3 Å². The third kappa shape index (κ3) is 2.27. The fraction of sp³-hybridized carbons (Fsp3) is 0.500. The molecule has 0 amide bonds. The van der Waals surface area contributed by atoms with E-state index in [9.17, 15) is 4.79 Å². The molecule has 4 heteroatoms. The van der Waals surface area contributed by atoms with Gasteiger partial charge >= 0.3 is 130 Å². The quantitative estimate of drug-likeness (QED) is 0.543. The number of alkyl halides is 2. The Morgan fingerprint density at radius 3 is 2.70 bits per heavy atom. The Morgan fingerprint density at radius 1 is 1.35 bits per heavy atom. The molecule has 3 rings (SSSR count). The summed E-state index contributed by atoms with van der Waals surface area (Å²) in [6.07, 6.45) is 2.88. The normalized spacial score (nSPS) is 33.7. The van der Waals surface area contributed by atoms with Gasteiger partial charge in [-0.1, -0.05) is 0 Å². The van der Waals surface area contributed by atoms with Crippen LogP contribution in [-0.4, -0.2) is 10.2 Å². The van der Waals surface area contributed by atoms with Crippen LogP contribution in [0.5, 0.6) is 0 Å². The molecule has 0 aromatic heterocycles. The first kappa shape index (κ1) is 14.0. The van der Waals surface area contributed by atoms with Gasteiger partial charge in [-0.05, 0) is 0 Å². The summed E-state index contributed by atoms with van der Waals surface area (Å²) in [7, 11) is 0. The Balaban J connectivity index is 1.96. The summed E-state index contributed by atoms with van der Waals surface area (Å²) in [6, 6.07) is 10.4. The Labute approximate surface area is 129 Å². The maximum atomic E-state index is 12.5. The predicted octanol–water partition coefficient (Wildman–Crippen LogP) is -0.733. The first-order chi connectivity index (χ1) is 9.65. The van der Waals surface area contributed by atoms with Crippen LogP contribution < -0.4 is 26.9 Å². The number of hydrogen-bond acceptors (Lipinski definition) is 3. The molecule has 2 N–H and O–H groups in total. The van der Waals surface area contributed by atoms with Crippen LogP contribution in [0.1, 0.15) is 40.7 Å². The molecular weight excluding hydrogens is 363 g/mol. The molecule has 1 heterocycles. The van der Waals surface area contributed by atoms with Crippen LogP contribution in [0.2, 0.25) is 0 Å². The van der Waals surface area contributed by atoms with Crippen LogP contribution in [0, 0.1) is 17.2 Å². The zero-order valence-corrected chi connectivity index (χ0v) is 13.5. The predicted molar refractivity (Wildman–Crippen MR) is 72.5 cm³/mol. The first-order valence-electron chi connectivity index (χ1n) is 7.04. The summed E-state index contributed by atoms with van der Waals surface area (Å²) in [5, 5.41) is 9.00. The fourth-order valence-electron chi connectivity index (χ4n) is 3.08. The molecular formula is C16H18IN2O-. The van der Waals surface area contributed by atoms with Crippen LogP contribution in [0.4, 0.5) is 0 Å². The van der Waals surface area contributed by atoms with Crippen molar-refractivity contribution in [1.29, 1.82) is 5.26 Å². The van der Waals surface area contributed by atoms with Gasteiger partial charge in [0.05, 0.1) is 0 Å². The van der Waals surface area contributed by atoms with E-state index in [-0.39, 0.29) is 32.9 Å². The Kier molecular flexibility index (Phi) is 3.83. The molecule has 0 spiro atoms. The van der Waals surface area contributed by atoms with Gasteiger partial charge < -0.3 is 0 Å². The number of nitriles is 1. The van der Waals surface area contributed by atoms with Crippen LogP contribution in [0.3, 0.4) is 0 Å². The average molecular weight is 381 g/mol. The second-order valence-corrected chi connectivity index (χ2v) is 9.11. The number of nitrogens with two attached hydrogens (primary N) is 1. The van der Waals surface area contributed by atoms with Gasteiger partial charge in [0.25, 0.3) is 0 Å². The molecule has 20 heavy (non-hydrogen) atoms. The summed E-state index contributed by atoms with van der Waals surface area (Å²) in [6.45, 7) is 0. The molecule has 2 fully saturated rings. The standard InChI is InChI=1S/C16H18IN2O/c18-10-11-5-7-16(19,15(20)9-11)13-4-2-1-3-12(13)14-6-8-17-14/h1-4,11,14H,5-9,19H2/q-1/t11-,14?,16+/m0/s1. The zero-order chi connectivity index (χ0) is 14.2. The van der Waals surface area contributed by atoms with Crippen molar-refractivity contribution in [3.8, 4) is 6.07 Å².